The van der Waals surface area contributed by atoms with Crippen molar-refractivity contribution in [1.82, 2.24) is 19.6 Å². The lowest BCUT2D eigenvalue weighted by Gasteiger charge is -2.44. The molecule has 6 heteroatoms. The van der Waals surface area contributed by atoms with Crippen LogP contribution in [0.4, 0.5) is 0 Å². The van der Waals surface area contributed by atoms with E-state index in [0.717, 1.165) is 64.0 Å². The van der Waals surface area contributed by atoms with Crippen LogP contribution < -0.4 is 0 Å². The maximum Gasteiger partial charge on any atom is 0.137 e. The molecule has 3 aliphatic rings. The largest absolute Gasteiger partial charge is 0.393 e. The van der Waals surface area contributed by atoms with Gasteiger partial charge in [-0.25, -0.2) is 15.0 Å². The van der Waals surface area contributed by atoms with Gasteiger partial charge >= 0.3 is 0 Å². The fourth-order valence-electron chi connectivity index (χ4n) is 5.91. The van der Waals surface area contributed by atoms with Crippen LogP contribution in [0.15, 0.2) is 36.8 Å². The Bertz CT molecular complexity index is 918. The number of ketones is 1. The van der Waals surface area contributed by atoms with Gasteiger partial charge in [-0.05, 0) is 43.6 Å². The van der Waals surface area contributed by atoms with E-state index in [2.05, 4.69) is 43.8 Å². The number of fused-ring (bicyclic) bond motifs is 3. The van der Waals surface area contributed by atoms with E-state index in [9.17, 15) is 9.90 Å². The number of aromatic nitrogens is 2. The van der Waals surface area contributed by atoms with Crippen LogP contribution in [0.25, 0.3) is 11.3 Å². The molecule has 0 radical (unpaired) electrons. The van der Waals surface area contributed by atoms with Crippen molar-refractivity contribution < 1.29 is 9.90 Å². The van der Waals surface area contributed by atoms with E-state index in [-0.39, 0.29) is 18.1 Å². The van der Waals surface area contributed by atoms with Crippen LogP contribution >= 0.6 is 0 Å². The molecule has 3 atom stereocenters. The number of hydrogen-bond donors (Lipinski definition) is 1. The summed E-state index contributed by atoms with van der Waals surface area (Å²) in [5.74, 6) is 0.938. The van der Waals surface area contributed by atoms with Gasteiger partial charge in [-0.1, -0.05) is 31.2 Å². The minimum atomic E-state index is -0.315. The lowest BCUT2D eigenvalue weighted by molar-refractivity contribution is -0.130. The Morgan fingerprint density at radius 2 is 1.97 bits per heavy atom. The molecule has 0 saturated carbocycles. The normalized spacial score (nSPS) is 25.9. The third-order valence-corrected chi connectivity index (χ3v) is 7.73. The first-order chi connectivity index (χ1) is 15.2. The number of aliphatic hydroxyl groups is 1. The SMILES string of the molecule is CCC(=O)C1CCCN(N2CCC(C(O)CC3c4ccccc4-c4cncn43)CC2)C1. The highest BCUT2D eigenvalue weighted by molar-refractivity contribution is 5.80. The van der Waals surface area contributed by atoms with Crippen molar-refractivity contribution in [3.05, 3.63) is 42.4 Å². The molecule has 166 valence electrons. The fraction of sp³-hybridized carbons (Fsp3) is 0.600. The van der Waals surface area contributed by atoms with E-state index in [1.54, 1.807) is 0 Å². The number of rotatable bonds is 6. The van der Waals surface area contributed by atoms with Crippen LogP contribution in [0.2, 0.25) is 0 Å². The molecule has 31 heavy (non-hydrogen) atoms. The predicted octanol–water partition coefficient (Wildman–Crippen LogP) is 3.52. The summed E-state index contributed by atoms with van der Waals surface area (Å²) < 4.78 is 2.22. The minimum Gasteiger partial charge on any atom is -0.393 e. The van der Waals surface area contributed by atoms with Gasteiger partial charge in [0.05, 0.1) is 30.4 Å². The van der Waals surface area contributed by atoms with E-state index in [4.69, 9.17) is 0 Å². The number of imidazole rings is 1. The molecule has 0 bridgehead atoms. The molecular formula is C25H34N4O2. The molecule has 5 rings (SSSR count). The van der Waals surface area contributed by atoms with Crippen molar-refractivity contribution in [3.63, 3.8) is 0 Å². The zero-order valence-corrected chi connectivity index (χ0v) is 18.5. The molecule has 0 amide bonds. The molecule has 3 unspecified atom stereocenters. The lowest BCUT2D eigenvalue weighted by atomic mass is 9.86. The summed E-state index contributed by atoms with van der Waals surface area (Å²) in [6.07, 6.45) is 9.06. The first-order valence-electron chi connectivity index (χ1n) is 12.0. The number of Topliss-reactive ketones (excluding diaryl/α,β-unsaturated/α-hetero) is 1. The van der Waals surface area contributed by atoms with E-state index >= 15 is 0 Å². The summed E-state index contributed by atoms with van der Waals surface area (Å²) in [5.41, 5.74) is 3.70. The van der Waals surface area contributed by atoms with Crippen LogP contribution in [-0.2, 0) is 4.79 Å². The fourth-order valence-corrected chi connectivity index (χ4v) is 5.91. The number of aliphatic hydroxyl groups excluding tert-OH is 1. The van der Waals surface area contributed by atoms with Gasteiger partial charge in [-0.2, -0.15) is 0 Å². The van der Waals surface area contributed by atoms with Gasteiger partial charge in [-0.15, -0.1) is 0 Å². The molecule has 0 aliphatic carbocycles. The maximum absolute atomic E-state index is 12.2. The van der Waals surface area contributed by atoms with Crippen molar-refractivity contribution in [2.45, 2.75) is 57.6 Å². The third-order valence-electron chi connectivity index (χ3n) is 7.73. The Balaban J connectivity index is 1.19. The van der Waals surface area contributed by atoms with Crippen LogP contribution in [0.1, 0.15) is 57.1 Å². The molecule has 1 aromatic carbocycles. The van der Waals surface area contributed by atoms with Gasteiger partial charge in [0.2, 0.25) is 0 Å². The van der Waals surface area contributed by atoms with Gasteiger partial charge < -0.3 is 9.67 Å². The van der Waals surface area contributed by atoms with Crippen LogP contribution in [0.3, 0.4) is 0 Å². The molecule has 0 spiro atoms. The summed E-state index contributed by atoms with van der Waals surface area (Å²) in [6.45, 7) is 5.87. The van der Waals surface area contributed by atoms with Crippen LogP contribution in [0, 0.1) is 11.8 Å². The molecule has 3 aliphatic heterocycles. The van der Waals surface area contributed by atoms with Crippen molar-refractivity contribution >= 4 is 5.78 Å². The highest BCUT2D eigenvalue weighted by atomic mass is 16.3. The number of nitrogens with zero attached hydrogens (tertiary/aromatic N) is 4. The molecule has 1 N–H and O–H groups in total. The second-order valence-corrected chi connectivity index (χ2v) is 9.45. The van der Waals surface area contributed by atoms with Crippen molar-refractivity contribution in [3.8, 4) is 11.3 Å². The predicted molar refractivity (Wildman–Crippen MR) is 120 cm³/mol. The highest BCUT2D eigenvalue weighted by Crippen LogP contribution is 2.42. The summed E-state index contributed by atoms with van der Waals surface area (Å²) in [5, 5.41) is 16.0. The Morgan fingerprint density at radius 1 is 1.16 bits per heavy atom. The first kappa shape index (κ1) is 20.9. The van der Waals surface area contributed by atoms with Gasteiger partial charge in [0.15, 0.2) is 0 Å². The second-order valence-electron chi connectivity index (χ2n) is 9.45. The quantitative estimate of drug-likeness (QED) is 0.772. The average molecular weight is 423 g/mol. The van der Waals surface area contributed by atoms with Crippen LogP contribution in [0.5, 0.6) is 0 Å². The van der Waals surface area contributed by atoms with Crippen molar-refractivity contribution in [2.24, 2.45) is 11.8 Å². The number of carbonyl (C=O) groups is 1. The summed E-state index contributed by atoms with van der Waals surface area (Å²) in [6, 6.07) is 8.68. The number of hydrogen-bond acceptors (Lipinski definition) is 5. The topological polar surface area (TPSA) is 61.6 Å². The average Bonchev–Trinajstić information content (AvgIpc) is 3.41. The number of hydrazine groups is 1. The molecule has 2 saturated heterocycles. The number of benzene rings is 1. The van der Waals surface area contributed by atoms with Gasteiger partial charge in [0, 0.05) is 44.1 Å². The van der Waals surface area contributed by atoms with E-state index in [0.29, 0.717) is 18.1 Å². The maximum atomic E-state index is 12.2. The molecule has 1 aromatic heterocycles. The summed E-state index contributed by atoms with van der Waals surface area (Å²) >= 11 is 0. The zero-order chi connectivity index (χ0) is 21.4. The van der Waals surface area contributed by atoms with Crippen LogP contribution in [-0.4, -0.2) is 62.7 Å². The Hall–Kier alpha value is -2.02. The number of carbonyl (C=O) groups excluding carboxylic acids is 1. The van der Waals surface area contributed by atoms with Gasteiger partial charge in [0.25, 0.3) is 0 Å². The first-order valence-corrected chi connectivity index (χ1v) is 12.0. The molecule has 2 fully saturated rings. The van der Waals surface area contributed by atoms with Gasteiger partial charge in [0.1, 0.15) is 5.78 Å². The van der Waals surface area contributed by atoms with E-state index in [1.807, 2.05) is 19.4 Å². The summed E-state index contributed by atoms with van der Waals surface area (Å²) in [7, 11) is 0. The van der Waals surface area contributed by atoms with Gasteiger partial charge in [-0.3, -0.25) is 4.79 Å². The second kappa shape index (κ2) is 8.85. The monoisotopic (exact) mass is 422 g/mol. The smallest absolute Gasteiger partial charge is 0.137 e. The zero-order valence-electron chi connectivity index (χ0n) is 18.5. The standard InChI is InChI=1S/C25H34N4O2/c1-2-24(30)19-6-5-11-28(16-19)27-12-9-18(10-13-27)25(31)14-22-20-7-3-4-8-21(20)23-15-26-17-29(22)23/h3-4,7-8,15,17-19,22,25,31H,2,5-6,9-14,16H2,1H3. The molecular weight excluding hydrogens is 388 g/mol. The number of piperidine rings is 2. The Morgan fingerprint density at radius 3 is 2.77 bits per heavy atom. The minimum absolute atomic E-state index is 0.171. The Labute approximate surface area is 184 Å². The van der Waals surface area contributed by atoms with E-state index < -0.39 is 0 Å². The molecule has 2 aromatic rings. The molecule has 4 heterocycles. The Kier molecular flexibility index (Phi) is 5.95. The molecule has 6 nitrogen and oxygen atoms in total. The van der Waals surface area contributed by atoms with Crippen molar-refractivity contribution in [1.29, 1.82) is 0 Å². The third kappa shape index (κ3) is 3.97. The van der Waals surface area contributed by atoms with E-state index in [1.165, 1.54) is 11.1 Å². The highest BCUT2D eigenvalue weighted by Gasteiger charge is 2.35. The summed E-state index contributed by atoms with van der Waals surface area (Å²) in [4.78, 5) is 16.5. The lowest BCUT2D eigenvalue weighted by Crippen LogP contribution is -2.52. The van der Waals surface area contributed by atoms with Crippen molar-refractivity contribution in [2.75, 3.05) is 26.2 Å².